The minimum absolute atomic E-state index is 0.283. The van der Waals surface area contributed by atoms with Gasteiger partial charge in [0.1, 0.15) is 5.78 Å². The van der Waals surface area contributed by atoms with Gasteiger partial charge in [0.25, 0.3) is 0 Å². The number of ketones is 1. The van der Waals surface area contributed by atoms with Gasteiger partial charge in [0.2, 0.25) is 0 Å². The fourth-order valence-electron chi connectivity index (χ4n) is 1.39. The van der Waals surface area contributed by atoms with Crippen LogP contribution < -0.4 is 0 Å². The van der Waals surface area contributed by atoms with Gasteiger partial charge in [-0.3, -0.25) is 4.79 Å². The second kappa shape index (κ2) is 7.07. The highest BCUT2D eigenvalue weighted by Gasteiger charge is 2.09. The smallest absolute Gasteiger partial charge is 0.132 e. The van der Waals surface area contributed by atoms with Gasteiger partial charge in [0, 0.05) is 12.8 Å². The van der Waals surface area contributed by atoms with Gasteiger partial charge >= 0.3 is 0 Å². The summed E-state index contributed by atoms with van der Waals surface area (Å²) in [5, 5.41) is 9.48. The van der Waals surface area contributed by atoms with E-state index in [9.17, 15) is 9.90 Å². The van der Waals surface area contributed by atoms with Crippen LogP contribution in [-0.4, -0.2) is 17.0 Å². The molecule has 0 fully saturated rings. The van der Waals surface area contributed by atoms with Crippen LogP contribution in [0, 0.1) is 5.92 Å². The molecule has 0 rings (SSSR count). The van der Waals surface area contributed by atoms with Gasteiger partial charge in [0.15, 0.2) is 0 Å². The molecule has 2 heteroatoms. The summed E-state index contributed by atoms with van der Waals surface area (Å²) in [6.45, 7) is 6.16. The number of aliphatic hydroxyl groups excluding tert-OH is 1. The highest BCUT2D eigenvalue weighted by molar-refractivity contribution is 5.78. The molecule has 2 nitrogen and oxygen atoms in total. The van der Waals surface area contributed by atoms with E-state index in [0.29, 0.717) is 25.2 Å². The van der Waals surface area contributed by atoms with Crippen LogP contribution in [0.1, 0.15) is 52.9 Å². The third-order valence-corrected chi connectivity index (χ3v) is 2.03. The van der Waals surface area contributed by atoms with Crippen molar-refractivity contribution in [1.29, 1.82) is 0 Å². The van der Waals surface area contributed by atoms with E-state index in [1.807, 2.05) is 6.92 Å². The molecule has 0 saturated carbocycles. The first-order valence-electron chi connectivity index (χ1n) is 5.26. The van der Waals surface area contributed by atoms with E-state index in [1.165, 1.54) is 0 Å². The first-order chi connectivity index (χ1) is 6.06. The van der Waals surface area contributed by atoms with E-state index in [-0.39, 0.29) is 11.9 Å². The number of aliphatic hydroxyl groups is 1. The Hall–Kier alpha value is -0.370. The zero-order valence-electron chi connectivity index (χ0n) is 9.05. The van der Waals surface area contributed by atoms with E-state index in [2.05, 4.69) is 13.8 Å². The minimum Gasteiger partial charge on any atom is -0.393 e. The second-order valence-electron chi connectivity index (χ2n) is 4.11. The maximum Gasteiger partial charge on any atom is 0.132 e. The molecule has 78 valence electrons. The van der Waals surface area contributed by atoms with Crippen LogP contribution in [0.2, 0.25) is 0 Å². The van der Waals surface area contributed by atoms with Crippen molar-refractivity contribution in [2.24, 2.45) is 5.92 Å². The lowest BCUT2D eigenvalue weighted by atomic mass is 10.0. The predicted octanol–water partition coefficient (Wildman–Crippen LogP) is 2.54. The molecular formula is C11H22O2. The van der Waals surface area contributed by atoms with Gasteiger partial charge in [-0.1, -0.05) is 20.8 Å². The number of rotatable bonds is 7. The summed E-state index contributed by atoms with van der Waals surface area (Å²) in [4.78, 5) is 11.1. The van der Waals surface area contributed by atoms with Gasteiger partial charge in [-0.15, -0.1) is 0 Å². The lowest BCUT2D eigenvalue weighted by molar-refractivity contribution is -0.119. The van der Waals surface area contributed by atoms with E-state index < -0.39 is 0 Å². The molecule has 0 radical (unpaired) electrons. The Morgan fingerprint density at radius 2 is 1.92 bits per heavy atom. The summed E-state index contributed by atoms with van der Waals surface area (Å²) in [6, 6.07) is 0. The third-order valence-electron chi connectivity index (χ3n) is 2.03. The molecule has 0 spiro atoms. The first-order valence-corrected chi connectivity index (χ1v) is 5.26. The lowest BCUT2D eigenvalue weighted by Crippen LogP contribution is -2.12. The van der Waals surface area contributed by atoms with E-state index in [4.69, 9.17) is 0 Å². The number of carbonyl (C=O) groups excluding carboxylic acids is 1. The largest absolute Gasteiger partial charge is 0.393 e. The van der Waals surface area contributed by atoms with Crippen LogP contribution in [0.15, 0.2) is 0 Å². The lowest BCUT2D eigenvalue weighted by Gasteiger charge is -2.11. The molecule has 0 saturated heterocycles. The highest BCUT2D eigenvalue weighted by atomic mass is 16.3. The Morgan fingerprint density at radius 1 is 1.31 bits per heavy atom. The van der Waals surface area contributed by atoms with Gasteiger partial charge in [0.05, 0.1) is 6.10 Å². The molecule has 1 atom stereocenters. The van der Waals surface area contributed by atoms with E-state index in [0.717, 1.165) is 12.8 Å². The van der Waals surface area contributed by atoms with Crippen molar-refractivity contribution in [2.75, 3.05) is 0 Å². The molecule has 1 N–H and O–H groups in total. The predicted molar refractivity (Wildman–Crippen MR) is 54.6 cm³/mol. The zero-order chi connectivity index (χ0) is 10.3. The molecule has 0 amide bonds. The van der Waals surface area contributed by atoms with Crippen LogP contribution in [-0.2, 0) is 4.79 Å². The van der Waals surface area contributed by atoms with Gasteiger partial charge in [-0.2, -0.15) is 0 Å². The summed E-state index contributed by atoms with van der Waals surface area (Å²) < 4.78 is 0. The van der Waals surface area contributed by atoms with Crippen molar-refractivity contribution >= 4 is 5.78 Å². The topological polar surface area (TPSA) is 37.3 Å². The minimum atomic E-state index is -0.291. The number of carbonyl (C=O) groups is 1. The molecule has 0 aromatic rings. The fraction of sp³-hybridized carbons (Fsp3) is 0.909. The summed E-state index contributed by atoms with van der Waals surface area (Å²) in [5.74, 6) is 0.793. The molecule has 0 aromatic carbocycles. The molecule has 0 heterocycles. The average molecular weight is 186 g/mol. The molecule has 0 aliphatic rings. The molecule has 13 heavy (non-hydrogen) atoms. The Labute approximate surface area is 81.3 Å². The van der Waals surface area contributed by atoms with Gasteiger partial charge < -0.3 is 5.11 Å². The number of hydrogen-bond donors (Lipinski definition) is 1. The number of hydrogen-bond acceptors (Lipinski definition) is 2. The first kappa shape index (κ1) is 12.6. The Morgan fingerprint density at radius 3 is 2.38 bits per heavy atom. The zero-order valence-corrected chi connectivity index (χ0v) is 9.05. The van der Waals surface area contributed by atoms with Crippen LogP contribution in [0.5, 0.6) is 0 Å². The highest BCUT2D eigenvalue weighted by Crippen LogP contribution is 2.10. The molecular weight excluding hydrogens is 164 g/mol. The maximum atomic E-state index is 11.1. The maximum absolute atomic E-state index is 11.1. The van der Waals surface area contributed by atoms with Crippen molar-refractivity contribution in [3.8, 4) is 0 Å². The second-order valence-corrected chi connectivity index (χ2v) is 4.11. The summed E-state index contributed by atoms with van der Waals surface area (Å²) in [6.07, 6.45) is 3.27. The number of Topliss-reactive ketones (excluding diaryl/α,β-unsaturated/α-hetero) is 1. The summed E-state index contributed by atoms with van der Waals surface area (Å²) in [5.41, 5.74) is 0. The molecule has 0 aromatic heterocycles. The SMILES string of the molecule is CCCC(=O)CCC(O)CC(C)C. The van der Waals surface area contributed by atoms with Crippen molar-refractivity contribution in [3.63, 3.8) is 0 Å². The molecule has 0 bridgehead atoms. The quantitative estimate of drug-likeness (QED) is 0.663. The Balaban J connectivity index is 3.45. The third kappa shape index (κ3) is 7.97. The fourth-order valence-corrected chi connectivity index (χ4v) is 1.39. The normalized spacial score (nSPS) is 13.3. The molecule has 0 aliphatic carbocycles. The average Bonchev–Trinajstić information content (AvgIpc) is 2.00. The Kier molecular flexibility index (Phi) is 6.87. The van der Waals surface area contributed by atoms with Gasteiger partial charge in [-0.25, -0.2) is 0 Å². The van der Waals surface area contributed by atoms with Crippen LogP contribution in [0.4, 0.5) is 0 Å². The summed E-state index contributed by atoms with van der Waals surface area (Å²) >= 11 is 0. The standard InChI is InChI=1S/C11H22O2/c1-4-5-10(12)6-7-11(13)8-9(2)3/h9,11,13H,4-8H2,1-3H3. The van der Waals surface area contributed by atoms with Crippen LogP contribution in [0.25, 0.3) is 0 Å². The van der Waals surface area contributed by atoms with Crippen molar-refractivity contribution < 1.29 is 9.90 Å². The van der Waals surface area contributed by atoms with Crippen molar-refractivity contribution in [1.82, 2.24) is 0 Å². The Bertz CT molecular complexity index is 141. The van der Waals surface area contributed by atoms with Crippen LogP contribution in [0.3, 0.4) is 0 Å². The van der Waals surface area contributed by atoms with E-state index in [1.54, 1.807) is 0 Å². The van der Waals surface area contributed by atoms with E-state index >= 15 is 0 Å². The van der Waals surface area contributed by atoms with Crippen molar-refractivity contribution in [2.45, 2.75) is 59.0 Å². The van der Waals surface area contributed by atoms with Crippen molar-refractivity contribution in [3.05, 3.63) is 0 Å². The monoisotopic (exact) mass is 186 g/mol. The summed E-state index contributed by atoms with van der Waals surface area (Å²) in [7, 11) is 0. The van der Waals surface area contributed by atoms with Gasteiger partial charge in [-0.05, 0) is 25.2 Å². The molecule has 0 aliphatic heterocycles. The molecule has 1 unspecified atom stereocenters. The van der Waals surface area contributed by atoms with Crippen LogP contribution >= 0.6 is 0 Å².